The molecular weight excluding hydrogens is 1320 g/mol. The number of fused-ring (bicyclic) bond motifs is 22. The second-order valence-corrected chi connectivity index (χ2v) is 29.9. The number of allylic oxidation sites excluding steroid dienone is 6. The minimum atomic E-state index is -0.115. The third kappa shape index (κ3) is 11.9. The molecular formula is C96H80N6O5. The van der Waals surface area contributed by atoms with Gasteiger partial charge in [-0.1, -0.05) is 212 Å². The lowest BCUT2D eigenvalue weighted by atomic mass is 9.94. The van der Waals surface area contributed by atoms with Crippen LogP contribution in [0.15, 0.2) is 279 Å². The number of ether oxygens (including phenoxy) is 3. The molecule has 2 fully saturated rings. The normalized spacial score (nSPS) is 19.6. The molecule has 524 valence electrons. The third-order valence-corrected chi connectivity index (χ3v) is 23.3. The first-order valence-electron chi connectivity index (χ1n) is 37.9. The molecule has 0 spiro atoms. The summed E-state index contributed by atoms with van der Waals surface area (Å²) < 4.78 is 24.6. The molecule has 21 rings (SSSR count). The van der Waals surface area contributed by atoms with Crippen LogP contribution < -0.4 is 14.2 Å². The van der Waals surface area contributed by atoms with Crippen molar-refractivity contribution in [3.05, 3.63) is 285 Å². The number of carbonyl (C=O) groups is 2. The van der Waals surface area contributed by atoms with Crippen LogP contribution in [0, 0.1) is 42.4 Å². The zero-order valence-corrected chi connectivity index (χ0v) is 60.2. The molecule has 5 aliphatic rings. The maximum absolute atomic E-state index is 13.0. The summed E-state index contributed by atoms with van der Waals surface area (Å²) in [6, 6.07) is 83.9. The second-order valence-electron chi connectivity index (χ2n) is 29.9. The quantitative estimate of drug-likeness (QED) is 0.0575. The number of benzene rings is 13. The molecule has 4 bridgehead atoms. The fourth-order valence-corrected chi connectivity index (χ4v) is 18.0. The zero-order chi connectivity index (χ0) is 71.8. The fourth-order valence-electron chi connectivity index (χ4n) is 18.0. The van der Waals surface area contributed by atoms with Crippen molar-refractivity contribution in [2.75, 3.05) is 0 Å². The van der Waals surface area contributed by atoms with Crippen LogP contribution in [0.5, 0.6) is 17.2 Å². The van der Waals surface area contributed by atoms with E-state index < -0.39 is 0 Å². The molecule has 0 saturated heterocycles. The van der Waals surface area contributed by atoms with Gasteiger partial charge < -0.3 is 23.3 Å². The Bertz CT molecular complexity index is 6280. The van der Waals surface area contributed by atoms with Crippen LogP contribution in [-0.2, 0) is 23.7 Å². The molecule has 13 aromatic carbocycles. The number of aryl methyl sites for hydroxylation is 3. The maximum Gasteiger partial charge on any atom is 0.314 e. The number of rotatable bonds is 10. The van der Waals surface area contributed by atoms with Crippen LogP contribution in [0.25, 0.3) is 138 Å². The average Bonchev–Trinajstić information content (AvgIpc) is 1.62. The van der Waals surface area contributed by atoms with Gasteiger partial charge in [0.1, 0.15) is 34.7 Å². The van der Waals surface area contributed by atoms with Gasteiger partial charge in [-0.15, -0.1) is 0 Å². The van der Waals surface area contributed by atoms with Gasteiger partial charge in [-0.2, -0.15) is 0 Å². The van der Waals surface area contributed by atoms with Gasteiger partial charge in [0, 0.05) is 68.8 Å². The summed E-state index contributed by atoms with van der Waals surface area (Å²) in [6.45, 7) is 2.10. The number of hydrogen-bond donors (Lipinski definition) is 0. The minimum Gasteiger partial charge on any atom is -0.490 e. The molecule has 7 unspecified atom stereocenters. The smallest absolute Gasteiger partial charge is 0.314 e. The number of nitrogens with zero attached hydrogens (tertiary/aromatic N) is 6. The monoisotopic (exact) mass is 1400 g/mol. The lowest BCUT2D eigenvalue weighted by Crippen LogP contribution is -2.23. The van der Waals surface area contributed by atoms with Gasteiger partial charge in [0.15, 0.2) is 0 Å². The Labute approximate surface area is 620 Å². The van der Waals surface area contributed by atoms with Gasteiger partial charge >= 0.3 is 11.9 Å². The van der Waals surface area contributed by atoms with Crippen molar-refractivity contribution in [3.63, 3.8) is 0 Å². The van der Waals surface area contributed by atoms with E-state index in [1.807, 2.05) is 48.5 Å². The summed E-state index contributed by atoms with van der Waals surface area (Å²) in [5.41, 5.74) is 11.8. The van der Waals surface area contributed by atoms with E-state index >= 15 is 0 Å². The summed E-state index contributed by atoms with van der Waals surface area (Å²) in [5.74, 6) is 6.39. The van der Waals surface area contributed by atoms with Crippen molar-refractivity contribution in [3.8, 4) is 57.1 Å². The van der Waals surface area contributed by atoms with Crippen LogP contribution >= 0.6 is 0 Å². The summed E-state index contributed by atoms with van der Waals surface area (Å²) in [5, 5.41) is 14.5. The Kier molecular flexibility index (Phi) is 16.8. The molecule has 107 heavy (non-hydrogen) atoms. The highest BCUT2D eigenvalue weighted by Crippen LogP contribution is 2.47. The van der Waals surface area contributed by atoms with Gasteiger partial charge in [0.05, 0.1) is 51.0 Å². The SMILES string of the molecule is Cc1ccc(-c2nc3c4ccccc4c4ccccc4c3n2-c2ccc(OC(=O)C3CC4C=CC3C4)cc2)cc1.Cn1c(-c2ccc(OC(=O)C3CC4C=CC3C4)cc2)nc2c3ccccc3c3ccccc3c21.Cn1c(-c2ccc(OC3CC/C=C\CCC3)cc2)nc2c3ccccc3c3ccccc3c21. The van der Waals surface area contributed by atoms with Crippen molar-refractivity contribution in [1.82, 2.24) is 28.7 Å². The molecule has 16 aromatic rings. The van der Waals surface area contributed by atoms with Crippen LogP contribution in [-0.4, -0.2) is 46.7 Å². The van der Waals surface area contributed by atoms with E-state index in [9.17, 15) is 9.59 Å². The molecule has 2 saturated carbocycles. The standard InChI is InChI=1S/C36H28N2O2.C30H24N2O2.C30H28N2O/c1-22-10-13-24(14-11-22)35-37-33-30-8-4-2-6-28(30)29-7-3-5-9-31(29)34(33)38(35)26-16-18-27(19-17-26)40-36(39)32-21-23-12-15-25(32)20-23;1-32-28-25-9-5-3-7-23(25)22-6-2-4-8-24(22)27(28)31-29(32)19-12-14-21(15-13-19)34-30(33)26-17-18-10-11-20(26)16-18;1-32-29-27-16-10-8-14-25(27)24-13-7-9-15-26(24)28(29)31-30(32)21-17-19-23(20-18-21)33-22-11-5-3-2-4-6-12-22/h2-19,23,25,32H,20-21H2,1H3;2-15,18,20,26H,16-17H2,1H3;2-3,7-10,13-20,22H,4-6,11-12H2,1H3/b;;3-2-. The highest BCUT2D eigenvalue weighted by molar-refractivity contribution is 6.26. The predicted molar refractivity (Wildman–Crippen MR) is 434 cm³/mol. The molecule has 0 N–H and O–H groups in total. The molecule has 3 aromatic heterocycles. The molecule has 11 nitrogen and oxygen atoms in total. The van der Waals surface area contributed by atoms with Gasteiger partial charge in [-0.3, -0.25) is 14.2 Å². The zero-order valence-electron chi connectivity index (χ0n) is 60.2. The highest BCUT2D eigenvalue weighted by atomic mass is 16.5. The lowest BCUT2D eigenvalue weighted by molar-refractivity contribution is -0.140. The molecule has 0 amide bonds. The average molecular weight is 1400 g/mol. The number of hydrogen-bond acceptors (Lipinski definition) is 8. The van der Waals surface area contributed by atoms with Crippen LogP contribution in [0.4, 0.5) is 0 Å². The molecule has 11 heteroatoms. The van der Waals surface area contributed by atoms with Crippen molar-refractivity contribution >= 4 is 110 Å². The van der Waals surface area contributed by atoms with E-state index in [0.29, 0.717) is 41.3 Å². The Morgan fingerprint density at radius 1 is 0.364 bits per heavy atom. The summed E-state index contributed by atoms with van der Waals surface area (Å²) in [7, 11) is 4.20. The van der Waals surface area contributed by atoms with E-state index in [1.54, 1.807) is 0 Å². The molecule has 7 atom stereocenters. The van der Waals surface area contributed by atoms with Gasteiger partial charge in [-0.25, -0.2) is 15.0 Å². The van der Waals surface area contributed by atoms with E-state index in [1.165, 1.54) is 66.0 Å². The van der Waals surface area contributed by atoms with Crippen molar-refractivity contribution in [1.29, 1.82) is 0 Å². The van der Waals surface area contributed by atoms with Crippen molar-refractivity contribution in [2.24, 2.45) is 49.6 Å². The van der Waals surface area contributed by atoms with E-state index in [0.717, 1.165) is 141 Å². The Hall–Kier alpha value is -12.2. The number of imidazole rings is 3. The fraction of sp³-hybridized carbons (Fsp3) is 0.198. The summed E-state index contributed by atoms with van der Waals surface area (Å²) in [4.78, 5) is 41.2. The second kappa shape index (κ2) is 27.4. The van der Waals surface area contributed by atoms with Gasteiger partial charge in [0.2, 0.25) is 0 Å². The van der Waals surface area contributed by atoms with E-state index in [2.05, 4.69) is 265 Å². The summed E-state index contributed by atoms with van der Waals surface area (Å²) in [6.07, 6.45) is 23.4. The molecule has 0 aliphatic heterocycles. The summed E-state index contributed by atoms with van der Waals surface area (Å²) >= 11 is 0. The number of carbonyl (C=O) groups excluding carboxylic acids is 2. The first-order valence-corrected chi connectivity index (χ1v) is 37.9. The molecule has 5 aliphatic carbocycles. The first kappa shape index (κ1) is 65.5. The number of aromatic nitrogens is 6. The Balaban J connectivity index is 0.000000110. The lowest BCUT2D eigenvalue weighted by Gasteiger charge is -2.20. The van der Waals surface area contributed by atoms with E-state index in [4.69, 9.17) is 29.2 Å². The highest BCUT2D eigenvalue weighted by Gasteiger charge is 2.42. The van der Waals surface area contributed by atoms with E-state index in [-0.39, 0.29) is 23.8 Å². The van der Waals surface area contributed by atoms with Gasteiger partial charge in [-0.05, 0) is 193 Å². The van der Waals surface area contributed by atoms with Crippen molar-refractivity contribution in [2.45, 2.75) is 70.8 Å². The number of esters is 2. The van der Waals surface area contributed by atoms with Crippen LogP contribution in [0.1, 0.15) is 63.4 Å². The van der Waals surface area contributed by atoms with Crippen LogP contribution in [0.2, 0.25) is 0 Å². The largest absolute Gasteiger partial charge is 0.490 e. The minimum absolute atomic E-state index is 0.00363. The molecule has 3 heterocycles. The Morgan fingerprint density at radius 3 is 1.17 bits per heavy atom. The van der Waals surface area contributed by atoms with Crippen LogP contribution in [0.3, 0.4) is 0 Å². The predicted octanol–water partition coefficient (Wildman–Crippen LogP) is 22.9. The first-order chi connectivity index (χ1) is 52.6. The Morgan fingerprint density at radius 2 is 0.729 bits per heavy atom. The van der Waals surface area contributed by atoms with Gasteiger partial charge in [0.25, 0.3) is 0 Å². The topological polar surface area (TPSA) is 115 Å². The van der Waals surface area contributed by atoms with Crippen molar-refractivity contribution < 1.29 is 23.8 Å². The third-order valence-electron chi connectivity index (χ3n) is 23.3. The molecule has 0 radical (unpaired) electrons. The maximum atomic E-state index is 13.0.